The molecule has 0 fully saturated rings. The molecule has 4 N–H and O–H groups in total. The van der Waals surface area contributed by atoms with E-state index in [0.717, 1.165) is 25.7 Å². The van der Waals surface area contributed by atoms with Crippen molar-refractivity contribution in [3.05, 3.63) is 12.2 Å². The summed E-state index contributed by atoms with van der Waals surface area (Å²) >= 11 is 0. The average molecular weight is 863 g/mol. The molecule has 0 rings (SSSR count). The summed E-state index contributed by atoms with van der Waals surface area (Å²) in [5, 5.41) is 33.5. The van der Waals surface area contributed by atoms with E-state index in [9.17, 15) is 20.1 Å². The Morgan fingerprint density at radius 2 is 0.672 bits per heavy atom. The van der Waals surface area contributed by atoms with Gasteiger partial charge >= 0.3 is 0 Å². The summed E-state index contributed by atoms with van der Waals surface area (Å²) in [6, 6.07) is -0.741. The average Bonchev–Trinajstić information content (AvgIpc) is 3.25. The number of carbonyl (C=O) groups excluding carboxylic acids is 1. The first-order valence-corrected chi connectivity index (χ1v) is 28.0. The van der Waals surface area contributed by atoms with Crippen LogP contribution in [0.5, 0.6) is 0 Å². The maximum absolute atomic E-state index is 12.5. The predicted octanol–water partition coefficient (Wildman–Crippen LogP) is 17.1. The fraction of sp³-hybridized carbons (Fsp3) is 0.946. The second-order valence-electron chi connectivity index (χ2n) is 19.6. The molecular formula is C56H111NO4. The Morgan fingerprint density at radius 1 is 0.410 bits per heavy atom. The molecule has 364 valence electrons. The Hall–Kier alpha value is -0.910. The predicted molar refractivity (Wildman–Crippen MR) is 269 cm³/mol. The van der Waals surface area contributed by atoms with Crippen molar-refractivity contribution in [1.82, 2.24) is 5.32 Å². The smallest absolute Gasteiger partial charge is 0.222 e. The van der Waals surface area contributed by atoms with Gasteiger partial charge in [0.25, 0.3) is 0 Å². The van der Waals surface area contributed by atoms with Gasteiger partial charge in [-0.1, -0.05) is 302 Å². The summed E-state index contributed by atoms with van der Waals surface area (Å²) in [4.78, 5) is 12.5. The zero-order valence-corrected chi connectivity index (χ0v) is 41.6. The molecule has 0 aliphatic rings. The maximum atomic E-state index is 12.5. The maximum Gasteiger partial charge on any atom is 0.222 e. The molecule has 1 amide bonds. The fourth-order valence-corrected chi connectivity index (χ4v) is 9.05. The van der Waals surface area contributed by atoms with Crippen LogP contribution in [-0.4, -0.2) is 46.1 Å². The van der Waals surface area contributed by atoms with Gasteiger partial charge in [-0.3, -0.25) is 4.79 Å². The molecule has 5 nitrogen and oxygen atoms in total. The van der Waals surface area contributed by atoms with Crippen molar-refractivity contribution in [3.63, 3.8) is 0 Å². The molecule has 0 heterocycles. The minimum absolute atomic E-state index is 0.0195. The normalized spacial score (nSPS) is 13.3. The standard InChI is InChI=1S/C56H111NO4/c1-3-5-7-9-11-13-15-17-19-21-23-25-27-28-29-31-33-35-37-39-41-43-45-47-49-53(59)51-56(61)57-54(52-58)55(60)50-48-46-44-42-40-38-36-34-32-30-26-24-22-20-18-16-14-12-10-8-6-4-2/h48,50,53-55,58-60H,3-47,49,51-52H2,1-2H3,(H,57,61)/b50-48+. The third kappa shape index (κ3) is 48.4. The summed E-state index contributed by atoms with van der Waals surface area (Å²) in [6.45, 7) is 4.26. The molecule has 0 aromatic carbocycles. The molecule has 0 aromatic heterocycles. The van der Waals surface area contributed by atoms with Crippen LogP contribution in [0.4, 0.5) is 0 Å². The van der Waals surface area contributed by atoms with Crippen LogP contribution < -0.4 is 5.32 Å². The zero-order valence-electron chi connectivity index (χ0n) is 41.6. The van der Waals surface area contributed by atoms with E-state index in [-0.39, 0.29) is 18.9 Å². The fourth-order valence-electron chi connectivity index (χ4n) is 9.05. The van der Waals surface area contributed by atoms with Crippen LogP contribution in [-0.2, 0) is 4.79 Å². The molecule has 0 saturated heterocycles. The highest BCUT2D eigenvalue weighted by Crippen LogP contribution is 2.18. The Kier molecular flexibility index (Phi) is 51.0. The van der Waals surface area contributed by atoms with Crippen LogP contribution >= 0.6 is 0 Å². The number of aliphatic hydroxyl groups is 3. The lowest BCUT2D eigenvalue weighted by Crippen LogP contribution is -2.45. The van der Waals surface area contributed by atoms with Gasteiger partial charge in [0.1, 0.15) is 0 Å². The van der Waals surface area contributed by atoms with E-state index in [4.69, 9.17) is 0 Å². The number of hydrogen-bond acceptors (Lipinski definition) is 4. The number of carbonyl (C=O) groups is 1. The van der Waals surface area contributed by atoms with Crippen molar-refractivity contribution in [2.45, 2.75) is 334 Å². The van der Waals surface area contributed by atoms with Gasteiger partial charge in [-0.15, -0.1) is 0 Å². The summed E-state index contributed by atoms with van der Waals surface area (Å²) in [7, 11) is 0. The van der Waals surface area contributed by atoms with Crippen molar-refractivity contribution in [1.29, 1.82) is 0 Å². The highest BCUT2D eigenvalue weighted by molar-refractivity contribution is 5.76. The molecule has 0 aliphatic carbocycles. The second-order valence-corrected chi connectivity index (χ2v) is 19.6. The van der Waals surface area contributed by atoms with Crippen LogP contribution in [0.3, 0.4) is 0 Å². The molecule has 0 aliphatic heterocycles. The number of hydrogen-bond donors (Lipinski definition) is 4. The number of amides is 1. The monoisotopic (exact) mass is 862 g/mol. The van der Waals surface area contributed by atoms with E-state index in [1.807, 2.05) is 6.08 Å². The van der Waals surface area contributed by atoms with Crippen LogP contribution in [0.2, 0.25) is 0 Å². The minimum atomic E-state index is -0.926. The molecule has 61 heavy (non-hydrogen) atoms. The van der Waals surface area contributed by atoms with E-state index >= 15 is 0 Å². The van der Waals surface area contributed by atoms with Crippen LogP contribution in [0.25, 0.3) is 0 Å². The van der Waals surface area contributed by atoms with Gasteiger partial charge < -0.3 is 20.6 Å². The Bertz CT molecular complexity index is 864. The molecule has 0 saturated carbocycles. The summed E-state index contributed by atoms with van der Waals surface area (Å²) in [6.07, 6.45) is 64.0. The first-order valence-electron chi connectivity index (χ1n) is 28.0. The summed E-state index contributed by atoms with van der Waals surface area (Å²) in [5.74, 6) is -0.308. The van der Waals surface area contributed by atoms with Gasteiger partial charge in [0.2, 0.25) is 5.91 Å². The molecule has 3 atom stereocenters. The quantitative estimate of drug-likeness (QED) is 0.0362. The highest BCUT2D eigenvalue weighted by atomic mass is 16.3. The molecule has 0 radical (unpaired) electrons. The lowest BCUT2D eigenvalue weighted by Gasteiger charge is -2.21. The second kappa shape index (κ2) is 51.7. The number of unbranched alkanes of at least 4 members (excludes halogenated alkanes) is 43. The van der Waals surface area contributed by atoms with E-state index in [1.54, 1.807) is 6.08 Å². The third-order valence-corrected chi connectivity index (χ3v) is 13.3. The molecule has 0 aromatic rings. The first-order chi connectivity index (χ1) is 30.0. The molecule has 0 bridgehead atoms. The van der Waals surface area contributed by atoms with Gasteiger partial charge in [0.15, 0.2) is 0 Å². The molecule has 3 unspecified atom stereocenters. The van der Waals surface area contributed by atoms with Crippen molar-refractivity contribution >= 4 is 5.91 Å². The highest BCUT2D eigenvalue weighted by Gasteiger charge is 2.20. The van der Waals surface area contributed by atoms with Gasteiger partial charge in [0, 0.05) is 0 Å². The lowest BCUT2D eigenvalue weighted by atomic mass is 10.0. The van der Waals surface area contributed by atoms with Crippen LogP contribution in [0.1, 0.15) is 316 Å². The van der Waals surface area contributed by atoms with Gasteiger partial charge in [0.05, 0.1) is 31.3 Å². The largest absolute Gasteiger partial charge is 0.394 e. The molecule has 5 heteroatoms. The van der Waals surface area contributed by atoms with E-state index in [2.05, 4.69) is 19.2 Å². The number of nitrogens with one attached hydrogen (secondary N) is 1. The third-order valence-electron chi connectivity index (χ3n) is 13.3. The van der Waals surface area contributed by atoms with Crippen molar-refractivity contribution < 1.29 is 20.1 Å². The van der Waals surface area contributed by atoms with Crippen molar-refractivity contribution in [2.75, 3.05) is 6.61 Å². The van der Waals surface area contributed by atoms with Gasteiger partial charge in [-0.05, 0) is 19.3 Å². The summed E-state index contributed by atoms with van der Waals surface area (Å²) < 4.78 is 0. The number of aliphatic hydroxyl groups excluding tert-OH is 3. The van der Waals surface area contributed by atoms with E-state index in [0.29, 0.717) is 6.42 Å². The zero-order chi connectivity index (χ0) is 44.4. The van der Waals surface area contributed by atoms with Gasteiger partial charge in [-0.25, -0.2) is 0 Å². The van der Waals surface area contributed by atoms with E-state index in [1.165, 1.54) is 263 Å². The van der Waals surface area contributed by atoms with E-state index < -0.39 is 18.2 Å². The van der Waals surface area contributed by atoms with Crippen molar-refractivity contribution in [3.8, 4) is 0 Å². The Morgan fingerprint density at radius 3 is 0.951 bits per heavy atom. The van der Waals surface area contributed by atoms with Gasteiger partial charge in [-0.2, -0.15) is 0 Å². The summed E-state index contributed by atoms with van der Waals surface area (Å²) in [5.41, 5.74) is 0. The number of rotatable bonds is 52. The van der Waals surface area contributed by atoms with Crippen LogP contribution in [0.15, 0.2) is 12.2 Å². The minimum Gasteiger partial charge on any atom is -0.394 e. The molecule has 0 spiro atoms. The van der Waals surface area contributed by atoms with Crippen molar-refractivity contribution in [2.24, 2.45) is 0 Å². The Balaban J connectivity index is 3.54. The van der Waals surface area contributed by atoms with Crippen LogP contribution in [0, 0.1) is 0 Å². The number of allylic oxidation sites excluding steroid dienone is 1. The Labute approximate surface area is 382 Å². The topological polar surface area (TPSA) is 89.8 Å². The first kappa shape index (κ1) is 60.1. The SMILES string of the molecule is CCCCCCCCCCCCCCCCCCCCCC/C=C/C(O)C(CO)NC(=O)CC(O)CCCCCCCCCCCCCCCCCCCCCCCCCC. The lowest BCUT2D eigenvalue weighted by molar-refractivity contribution is -0.124. The molecular weight excluding hydrogens is 751 g/mol.